The number of H-pyrrole nitrogens is 1. The molecule has 0 spiro atoms. The summed E-state index contributed by atoms with van der Waals surface area (Å²) in [6, 6.07) is 4.54. The third-order valence-corrected chi connectivity index (χ3v) is 4.03. The lowest BCUT2D eigenvalue weighted by Crippen LogP contribution is -2.24. The number of ether oxygens (including phenoxy) is 1. The van der Waals surface area contributed by atoms with Crippen LogP contribution in [0.25, 0.3) is 11.6 Å². The van der Waals surface area contributed by atoms with Gasteiger partial charge < -0.3 is 25.5 Å². The van der Waals surface area contributed by atoms with Crippen molar-refractivity contribution in [1.29, 1.82) is 0 Å². The highest BCUT2D eigenvalue weighted by Crippen LogP contribution is 2.37. The van der Waals surface area contributed by atoms with Gasteiger partial charge in [0.2, 0.25) is 0 Å². The summed E-state index contributed by atoms with van der Waals surface area (Å²) in [5.41, 5.74) is 2.02. The second-order valence-electron chi connectivity index (χ2n) is 6.10. The number of methoxy groups -OCH3 is 1. The largest absolute Gasteiger partial charge is 0.495 e. The second kappa shape index (κ2) is 9.22. The van der Waals surface area contributed by atoms with Crippen molar-refractivity contribution in [3.05, 3.63) is 47.0 Å². The van der Waals surface area contributed by atoms with E-state index in [1.54, 1.807) is 25.3 Å². The molecule has 1 aromatic heterocycles. The molecular formula is C21H24FN3O3. The quantitative estimate of drug-likeness (QED) is 0.362. The fraction of sp³-hybridized carbons (Fsp3) is 0.286. The van der Waals surface area contributed by atoms with Crippen molar-refractivity contribution in [3.8, 4) is 17.6 Å². The topological polar surface area (TPSA) is 86.4 Å². The monoisotopic (exact) mass is 385 g/mol. The number of anilines is 1. The van der Waals surface area contributed by atoms with Crippen LogP contribution in [-0.2, 0) is 4.79 Å². The van der Waals surface area contributed by atoms with Crippen LogP contribution < -0.4 is 15.4 Å². The predicted molar refractivity (Wildman–Crippen MR) is 108 cm³/mol. The van der Waals surface area contributed by atoms with Gasteiger partial charge >= 0.3 is 0 Å². The highest BCUT2D eigenvalue weighted by Gasteiger charge is 2.28. The molecular weight excluding hydrogens is 361 g/mol. The molecule has 1 aliphatic rings. The van der Waals surface area contributed by atoms with Gasteiger partial charge in [-0.15, -0.1) is 0 Å². The summed E-state index contributed by atoms with van der Waals surface area (Å²) in [6.07, 6.45) is 2.83. The summed E-state index contributed by atoms with van der Waals surface area (Å²) in [4.78, 5) is 15.4. The van der Waals surface area contributed by atoms with E-state index < -0.39 is 11.9 Å². The van der Waals surface area contributed by atoms with Gasteiger partial charge in [0, 0.05) is 18.3 Å². The molecule has 0 saturated heterocycles. The fourth-order valence-electron chi connectivity index (χ4n) is 2.80. The van der Waals surface area contributed by atoms with E-state index >= 15 is 0 Å². The Labute approximate surface area is 163 Å². The van der Waals surface area contributed by atoms with Crippen molar-refractivity contribution in [1.82, 2.24) is 10.3 Å². The summed E-state index contributed by atoms with van der Waals surface area (Å²) in [7, 11) is 1.53. The molecule has 7 heteroatoms. The maximum absolute atomic E-state index is 14.4. The Morgan fingerprint density at radius 2 is 2.18 bits per heavy atom. The molecule has 148 valence electrons. The number of aliphatic hydroxyl groups excluding tert-OH is 1. The molecule has 28 heavy (non-hydrogen) atoms. The van der Waals surface area contributed by atoms with Gasteiger partial charge in [-0.05, 0) is 31.2 Å². The zero-order chi connectivity index (χ0) is 19.4. The molecule has 1 aliphatic heterocycles. The standard InChI is InChI=1S/C20H20FN3O3.CH4/c1-12(25)11-22-8-3-4-13-15(21)5-6-16-19(13)14(20(26)24-16)10-17-18(27-2)7-9-23-17;/h5-7,9-10,12,22-23,25H,8,11H2,1-2H3,(H,24,26);1H4/b14-10-;. The number of rotatable bonds is 5. The normalized spacial score (nSPS) is 14.6. The number of benzene rings is 1. The number of aromatic amines is 1. The number of aromatic nitrogens is 1. The molecule has 0 radical (unpaired) electrons. The molecule has 1 amide bonds. The average molecular weight is 385 g/mol. The third kappa shape index (κ3) is 4.42. The molecule has 1 atom stereocenters. The Hall–Kier alpha value is -3.08. The Morgan fingerprint density at radius 1 is 1.39 bits per heavy atom. The number of fused-ring (bicyclic) bond motifs is 1. The van der Waals surface area contributed by atoms with E-state index in [4.69, 9.17) is 4.74 Å². The SMILES string of the molecule is C.COc1cc[nH]c1/C=C1\C(=O)Nc2ccc(F)c(C#CCNCC(C)O)c21. The van der Waals surface area contributed by atoms with E-state index in [9.17, 15) is 14.3 Å². The van der Waals surface area contributed by atoms with Gasteiger partial charge in [-0.1, -0.05) is 19.3 Å². The Morgan fingerprint density at radius 3 is 2.89 bits per heavy atom. The minimum absolute atomic E-state index is 0. The van der Waals surface area contributed by atoms with Crippen LogP contribution in [0, 0.1) is 17.7 Å². The number of carbonyl (C=O) groups is 1. The van der Waals surface area contributed by atoms with Crippen molar-refractivity contribution in [2.75, 3.05) is 25.5 Å². The predicted octanol–water partition coefficient (Wildman–Crippen LogP) is 2.61. The van der Waals surface area contributed by atoms with Crippen LogP contribution in [0.1, 0.15) is 31.2 Å². The van der Waals surface area contributed by atoms with Gasteiger partial charge in [0.05, 0.1) is 42.3 Å². The zero-order valence-electron chi connectivity index (χ0n) is 15.0. The van der Waals surface area contributed by atoms with Crippen molar-refractivity contribution in [2.45, 2.75) is 20.5 Å². The number of aliphatic hydroxyl groups is 1. The molecule has 1 unspecified atom stereocenters. The molecule has 6 nitrogen and oxygen atoms in total. The summed E-state index contributed by atoms with van der Waals surface area (Å²) in [6.45, 7) is 2.34. The van der Waals surface area contributed by atoms with Gasteiger partial charge in [-0.3, -0.25) is 4.79 Å². The van der Waals surface area contributed by atoms with E-state index in [0.717, 1.165) is 0 Å². The van der Waals surface area contributed by atoms with Crippen molar-refractivity contribution in [2.24, 2.45) is 0 Å². The van der Waals surface area contributed by atoms with Gasteiger partial charge in [0.25, 0.3) is 5.91 Å². The maximum Gasteiger partial charge on any atom is 0.256 e. The second-order valence-corrected chi connectivity index (χ2v) is 6.10. The Balaban J connectivity index is 0.00000280. The molecule has 2 aromatic rings. The van der Waals surface area contributed by atoms with E-state index in [1.165, 1.54) is 19.2 Å². The molecule has 4 N–H and O–H groups in total. The van der Waals surface area contributed by atoms with Gasteiger partial charge in [0.15, 0.2) is 0 Å². The first-order valence-corrected chi connectivity index (χ1v) is 8.46. The van der Waals surface area contributed by atoms with Gasteiger partial charge in [0.1, 0.15) is 11.6 Å². The van der Waals surface area contributed by atoms with Crippen molar-refractivity contribution >= 4 is 23.2 Å². The van der Waals surface area contributed by atoms with Crippen LogP contribution in [-0.4, -0.2) is 42.3 Å². The molecule has 1 aromatic carbocycles. The molecule has 0 bridgehead atoms. The first-order valence-electron chi connectivity index (χ1n) is 8.46. The summed E-state index contributed by atoms with van der Waals surface area (Å²) in [5, 5.41) is 14.9. The van der Waals surface area contributed by atoms with Crippen LogP contribution >= 0.6 is 0 Å². The van der Waals surface area contributed by atoms with E-state index in [0.29, 0.717) is 41.4 Å². The lowest BCUT2D eigenvalue weighted by atomic mass is 9.99. The molecule has 0 fully saturated rings. The third-order valence-electron chi connectivity index (χ3n) is 4.03. The summed E-state index contributed by atoms with van der Waals surface area (Å²) >= 11 is 0. The number of hydrogen-bond donors (Lipinski definition) is 4. The zero-order valence-corrected chi connectivity index (χ0v) is 15.0. The Bertz CT molecular complexity index is 952. The van der Waals surface area contributed by atoms with Crippen LogP contribution in [0.5, 0.6) is 5.75 Å². The minimum atomic E-state index is -0.502. The number of halogens is 1. The van der Waals surface area contributed by atoms with E-state index in [-0.39, 0.29) is 18.9 Å². The summed E-state index contributed by atoms with van der Waals surface area (Å²) < 4.78 is 19.7. The number of amides is 1. The molecule has 3 rings (SSSR count). The summed E-state index contributed by atoms with van der Waals surface area (Å²) in [5.74, 6) is 5.38. The smallest absolute Gasteiger partial charge is 0.256 e. The molecule has 0 aliphatic carbocycles. The molecule has 0 saturated carbocycles. The number of hydrogen-bond acceptors (Lipinski definition) is 4. The van der Waals surface area contributed by atoms with Gasteiger partial charge in [-0.25, -0.2) is 4.39 Å². The highest BCUT2D eigenvalue weighted by atomic mass is 19.1. The van der Waals surface area contributed by atoms with Crippen molar-refractivity contribution < 1.29 is 19.0 Å². The number of nitrogens with one attached hydrogen (secondary N) is 3. The molecule has 2 heterocycles. The highest BCUT2D eigenvalue weighted by molar-refractivity contribution is 6.35. The van der Waals surface area contributed by atoms with Crippen LogP contribution in [0.15, 0.2) is 24.4 Å². The van der Waals surface area contributed by atoms with Crippen LogP contribution in [0.2, 0.25) is 0 Å². The van der Waals surface area contributed by atoms with E-state index in [1.807, 2.05) is 0 Å². The van der Waals surface area contributed by atoms with Crippen molar-refractivity contribution in [3.63, 3.8) is 0 Å². The van der Waals surface area contributed by atoms with Crippen LogP contribution in [0.3, 0.4) is 0 Å². The van der Waals surface area contributed by atoms with Crippen LogP contribution in [0.4, 0.5) is 10.1 Å². The fourth-order valence-corrected chi connectivity index (χ4v) is 2.80. The maximum atomic E-state index is 14.4. The lowest BCUT2D eigenvalue weighted by molar-refractivity contribution is -0.110. The van der Waals surface area contributed by atoms with Gasteiger partial charge in [-0.2, -0.15) is 0 Å². The van der Waals surface area contributed by atoms with E-state index in [2.05, 4.69) is 27.5 Å². The average Bonchev–Trinajstić information content (AvgIpc) is 3.21. The number of carbonyl (C=O) groups excluding carboxylic acids is 1. The first-order chi connectivity index (χ1) is 13.0. The Kier molecular flexibility index (Phi) is 6.99. The lowest BCUT2D eigenvalue weighted by Gasteiger charge is -2.05. The first kappa shape index (κ1) is 21.2. The minimum Gasteiger partial charge on any atom is -0.495 e.